The van der Waals surface area contributed by atoms with Crippen LogP contribution in [0.2, 0.25) is 0 Å². The predicted octanol–water partition coefficient (Wildman–Crippen LogP) is 2.59. The molecule has 0 aromatic rings. The molecule has 0 saturated carbocycles. The van der Waals surface area contributed by atoms with Gasteiger partial charge in [-0.2, -0.15) is 0 Å². The van der Waals surface area contributed by atoms with Gasteiger partial charge in [-0.15, -0.1) is 0 Å². The minimum absolute atomic E-state index is 0. The highest BCUT2D eigenvalue weighted by atomic mass is 31.2. The number of ether oxygens (including phenoxy) is 9. The molecular formula is C47H79N6O22P3. The first kappa shape index (κ1) is 68.3. The number of hydrogen-bond acceptors (Lipinski definition) is 19. The lowest BCUT2D eigenvalue weighted by Crippen LogP contribution is -2.48. The van der Waals surface area contributed by atoms with Crippen molar-refractivity contribution in [2.75, 3.05) is 27.5 Å². The van der Waals surface area contributed by atoms with Gasteiger partial charge in [0.15, 0.2) is 18.7 Å². The van der Waals surface area contributed by atoms with Gasteiger partial charge in [0.2, 0.25) is 0 Å². The summed E-state index contributed by atoms with van der Waals surface area (Å²) in [5.74, 6) is 0.888. The summed E-state index contributed by atoms with van der Waals surface area (Å²) in [5.41, 5.74) is 0.337. The average Bonchev–Trinajstić information content (AvgIpc) is 3.94. The maximum absolute atomic E-state index is 11.4. The Bertz CT molecular complexity index is 2390. The number of hydrogen-bond donors (Lipinski definition) is 9. The highest BCUT2D eigenvalue weighted by Crippen LogP contribution is 2.44. The van der Waals surface area contributed by atoms with Crippen molar-refractivity contribution >= 4 is 40.7 Å². The molecule has 6 rings (SSSR count). The summed E-state index contributed by atoms with van der Waals surface area (Å²) < 4.78 is 91.0. The van der Waals surface area contributed by atoms with Crippen molar-refractivity contribution in [1.29, 1.82) is 0 Å². The van der Waals surface area contributed by atoms with E-state index >= 15 is 0 Å². The molecule has 4 unspecified atom stereocenters. The molecule has 13 atom stereocenters. The standard InChI is InChI=1S/C16H25N2O7P.C15H25N2O8P.C15H25N2O7P.CH4/c1-9(2)24-14-13(10(3)8-26(20,21)22)25-16(15(14)23-5)18-7-6-12(19)17-11(18)4;1-8(2)23-13-12(9(3)25-26(19,20)21)24-15(14(13)22-5)17-7-6-11(18)16-10(17)4;1-9(2)23-13-11(6-8-25(19,20)21)24-15(14(13)22-4)17-7-5-12(18)16-10(17)3;/h6-9,13-16H,4H2,1-3,5H3,(H,17,19)(H2,20,21,22);6-9,12-15H,4H2,1-3,5H3,(H,16,18)(H2,19,20,21);5,7,9,11,13-15H,3,6,8H2,1-2,4H3,(H,16,18)(H2,19,20,21);1H4/b10-8+;;;/t13-,14?,15+,16-;9?,12-,13?,14+,15-;11-,13?,14+,15-;/m111./s1. The Morgan fingerprint density at radius 1 is 0.615 bits per heavy atom. The van der Waals surface area contributed by atoms with Crippen molar-refractivity contribution in [3.63, 3.8) is 0 Å². The van der Waals surface area contributed by atoms with E-state index in [1.807, 2.05) is 41.5 Å². The molecule has 6 aliphatic heterocycles. The topological polar surface area (TPSA) is 362 Å². The number of phosphoric acid groups is 1. The third kappa shape index (κ3) is 19.4. The lowest BCUT2D eigenvalue weighted by molar-refractivity contribution is -0.120. The minimum Gasteiger partial charge on any atom is -0.374 e. The van der Waals surface area contributed by atoms with Crippen LogP contribution in [0.5, 0.6) is 0 Å². The highest BCUT2D eigenvalue weighted by molar-refractivity contribution is 7.55. The fraction of sp³-hybridized carbons (Fsp3) is 0.638. The number of nitrogens with zero attached hydrogens (tertiary/aromatic N) is 3. The van der Waals surface area contributed by atoms with Crippen LogP contribution < -0.4 is 16.0 Å². The van der Waals surface area contributed by atoms with Crippen LogP contribution in [0, 0.1) is 0 Å². The van der Waals surface area contributed by atoms with Crippen molar-refractivity contribution in [1.82, 2.24) is 30.7 Å². The van der Waals surface area contributed by atoms with E-state index in [0.29, 0.717) is 17.2 Å². The lowest BCUT2D eigenvalue weighted by atomic mass is 10.0. The fourth-order valence-corrected chi connectivity index (χ4v) is 10.7. The summed E-state index contributed by atoms with van der Waals surface area (Å²) in [6.07, 6.45) is -0.811. The Labute approximate surface area is 454 Å². The Morgan fingerprint density at radius 3 is 1.36 bits per heavy atom. The third-order valence-electron chi connectivity index (χ3n) is 11.8. The summed E-state index contributed by atoms with van der Waals surface area (Å²) in [5, 5.41) is 7.72. The third-order valence-corrected chi connectivity index (χ3v) is 14.0. The van der Waals surface area contributed by atoms with E-state index in [1.54, 1.807) is 21.6 Å². The van der Waals surface area contributed by atoms with Gasteiger partial charge in [0.25, 0.3) is 17.7 Å². The molecular weight excluding hydrogens is 1090 g/mol. The van der Waals surface area contributed by atoms with Gasteiger partial charge in [-0.1, -0.05) is 27.2 Å². The minimum atomic E-state index is -4.71. The molecule has 0 spiro atoms. The SMILES string of the molecule is C.C=C1NC(=O)C=CN1[C@@H]1O[C@H](/C(C)=C/P(=O)(O)O)C(OC(C)C)[C@@H]1OC.C=C1NC(=O)C=CN1[C@@H]1O[C@H](C(C)OP(=O)(O)O)C(OC(C)C)[C@@H]1OC.C=C1NC(=O)C=CN1[C@@H]1O[C@H](CCP(=O)(O)O)C(OC(C)C)[C@@H]1OC. The van der Waals surface area contributed by atoms with Gasteiger partial charge in [0.05, 0.1) is 36.7 Å². The second-order valence-electron chi connectivity index (χ2n) is 19.0. The second-order valence-corrected chi connectivity index (χ2v) is 23.4. The molecule has 6 heterocycles. The molecule has 3 amide bonds. The zero-order valence-corrected chi connectivity index (χ0v) is 47.4. The number of rotatable bonds is 20. The van der Waals surface area contributed by atoms with Gasteiger partial charge in [0, 0.05) is 64.0 Å². The van der Waals surface area contributed by atoms with Crippen molar-refractivity contribution in [2.24, 2.45) is 0 Å². The van der Waals surface area contributed by atoms with Crippen LogP contribution in [0.3, 0.4) is 0 Å². The van der Waals surface area contributed by atoms with Crippen LogP contribution in [-0.4, -0.2) is 187 Å². The predicted molar refractivity (Wildman–Crippen MR) is 280 cm³/mol. The van der Waals surface area contributed by atoms with E-state index < -0.39 is 103 Å². The van der Waals surface area contributed by atoms with Crippen LogP contribution in [0.1, 0.15) is 69.2 Å². The van der Waals surface area contributed by atoms with Crippen molar-refractivity contribution in [3.8, 4) is 0 Å². The maximum atomic E-state index is 11.4. The van der Waals surface area contributed by atoms with Gasteiger partial charge < -0.3 is 103 Å². The van der Waals surface area contributed by atoms with Crippen LogP contribution >= 0.6 is 23.0 Å². The van der Waals surface area contributed by atoms with Crippen LogP contribution in [0.25, 0.3) is 0 Å². The van der Waals surface area contributed by atoms with Crippen LogP contribution in [0.4, 0.5) is 0 Å². The number of amides is 3. The molecule has 3 saturated heterocycles. The first-order valence-electron chi connectivity index (χ1n) is 24.1. The molecule has 28 nitrogen and oxygen atoms in total. The normalized spacial score (nSPS) is 30.1. The summed E-state index contributed by atoms with van der Waals surface area (Å²) >= 11 is 0. The molecule has 0 aromatic carbocycles. The molecule has 444 valence electrons. The van der Waals surface area contributed by atoms with Crippen LogP contribution in [0.15, 0.2) is 85.4 Å². The first-order valence-corrected chi connectivity index (χ1v) is 29.1. The Morgan fingerprint density at radius 2 is 0.987 bits per heavy atom. The largest absolute Gasteiger partial charge is 0.469 e. The Balaban J connectivity index is 0.000000306. The van der Waals surface area contributed by atoms with E-state index in [-0.39, 0.29) is 61.9 Å². The Hall–Kier alpha value is -3.96. The molecule has 0 aromatic heterocycles. The first-order chi connectivity index (χ1) is 35.7. The number of nitrogens with one attached hydrogen (secondary N) is 3. The average molecular weight is 1170 g/mol. The number of phosphoric ester groups is 1. The van der Waals surface area contributed by atoms with Crippen molar-refractivity contribution < 1.29 is 105 Å². The smallest absolute Gasteiger partial charge is 0.374 e. The van der Waals surface area contributed by atoms with Crippen LogP contribution in [-0.2, 0) is 75.2 Å². The zero-order chi connectivity index (χ0) is 58.1. The van der Waals surface area contributed by atoms with E-state index in [4.69, 9.17) is 66.7 Å². The van der Waals surface area contributed by atoms with Crippen molar-refractivity contribution in [2.45, 2.75) is 167 Å². The molecule has 3 fully saturated rings. The molecule has 0 aliphatic carbocycles. The molecule has 9 N–H and O–H groups in total. The van der Waals surface area contributed by atoms with Gasteiger partial charge >= 0.3 is 23.0 Å². The summed E-state index contributed by atoms with van der Waals surface area (Å²) in [7, 11) is -8.76. The van der Waals surface area contributed by atoms with E-state index in [0.717, 1.165) is 5.82 Å². The number of methoxy groups -OCH3 is 3. The maximum Gasteiger partial charge on any atom is 0.469 e. The molecule has 78 heavy (non-hydrogen) atoms. The quantitative estimate of drug-likeness (QED) is 0.0791. The number of carbonyl (C=O) groups is 3. The van der Waals surface area contributed by atoms with E-state index in [9.17, 15) is 37.9 Å². The zero-order valence-electron chi connectivity index (χ0n) is 44.7. The van der Waals surface area contributed by atoms with Crippen molar-refractivity contribution in [3.05, 3.63) is 85.4 Å². The molecule has 6 aliphatic rings. The summed E-state index contributed by atoms with van der Waals surface area (Å²) in [6, 6.07) is 0. The second kappa shape index (κ2) is 29.1. The number of carbonyl (C=O) groups excluding carboxylic acids is 3. The van der Waals surface area contributed by atoms with Gasteiger partial charge in [0.1, 0.15) is 66.3 Å². The highest BCUT2D eigenvalue weighted by Gasteiger charge is 2.54. The fourth-order valence-electron chi connectivity index (χ4n) is 8.91. The summed E-state index contributed by atoms with van der Waals surface area (Å²) in [6.45, 7) is 25.5. The Kier molecular flexibility index (Phi) is 25.5. The van der Waals surface area contributed by atoms with E-state index in [2.05, 4.69) is 35.7 Å². The van der Waals surface area contributed by atoms with Gasteiger partial charge in [-0.3, -0.25) is 28.0 Å². The molecule has 31 heteroatoms. The van der Waals surface area contributed by atoms with E-state index in [1.165, 1.54) is 65.1 Å². The monoisotopic (exact) mass is 1170 g/mol. The summed E-state index contributed by atoms with van der Waals surface area (Å²) in [4.78, 5) is 94.1. The lowest BCUT2D eigenvalue weighted by Gasteiger charge is -2.34. The van der Waals surface area contributed by atoms with Gasteiger partial charge in [-0.25, -0.2) is 4.57 Å². The van der Waals surface area contributed by atoms with Gasteiger partial charge in [-0.05, 0) is 67.4 Å². The molecule has 0 bridgehead atoms. The molecule has 0 radical (unpaired) electrons.